The van der Waals surface area contributed by atoms with Crippen molar-refractivity contribution in [2.24, 2.45) is 0 Å². The molecule has 0 atom stereocenters. The molecule has 0 radical (unpaired) electrons. The molecule has 0 aliphatic carbocycles. The molecule has 7 heteroatoms. The van der Waals surface area contributed by atoms with Crippen molar-refractivity contribution in [3.63, 3.8) is 0 Å². The average Bonchev–Trinajstić information content (AvgIpc) is 2.74. The Morgan fingerprint density at radius 3 is 2.81 bits per heavy atom. The van der Waals surface area contributed by atoms with Crippen LogP contribution in [-0.2, 0) is 4.79 Å². The standard InChI is InChI=1S/C14H17N5O2/c1-8-6-9(2)19-13(16-8)12(10(3)17-19)14(21)18-5-4-15-11(20)7-18/h6H,4-5,7H2,1-3H3,(H,15,20). The Bertz CT molecular complexity index is 749. The van der Waals surface area contributed by atoms with Crippen molar-refractivity contribution in [3.8, 4) is 0 Å². The van der Waals surface area contributed by atoms with Gasteiger partial charge in [-0.1, -0.05) is 0 Å². The van der Waals surface area contributed by atoms with Crippen LogP contribution in [0.3, 0.4) is 0 Å². The Balaban J connectivity index is 2.09. The summed E-state index contributed by atoms with van der Waals surface area (Å²) in [5.41, 5.74) is 3.44. The van der Waals surface area contributed by atoms with Crippen molar-refractivity contribution in [2.75, 3.05) is 19.6 Å². The van der Waals surface area contributed by atoms with Gasteiger partial charge in [0.1, 0.15) is 5.56 Å². The number of carbonyl (C=O) groups excluding carboxylic acids is 2. The first-order valence-corrected chi connectivity index (χ1v) is 6.87. The van der Waals surface area contributed by atoms with E-state index in [0.717, 1.165) is 11.4 Å². The number of nitrogens with one attached hydrogen (secondary N) is 1. The fourth-order valence-corrected chi connectivity index (χ4v) is 2.65. The summed E-state index contributed by atoms with van der Waals surface area (Å²) in [6.07, 6.45) is 0. The molecule has 2 aromatic heterocycles. The number of fused-ring (bicyclic) bond motifs is 1. The zero-order valence-electron chi connectivity index (χ0n) is 12.3. The zero-order valence-corrected chi connectivity index (χ0v) is 12.3. The van der Waals surface area contributed by atoms with E-state index in [9.17, 15) is 9.59 Å². The summed E-state index contributed by atoms with van der Waals surface area (Å²) in [5.74, 6) is -0.320. The monoisotopic (exact) mass is 287 g/mol. The van der Waals surface area contributed by atoms with Crippen LogP contribution in [0.2, 0.25) is 0 Å². The highest BCUT2D eigenvalue weighted by molar-refractivity contribution is 6.02. The van der Waals surface area contributed by atoms with Gasteiger partial charge in [-0.25, -0.2) is 9.50 Å². The number of amides is 2. The maximum Gasteiger partial charge on any atom is 0.260 e. The maximum absolute atomic E-state index is 12.7. The SMILES string of the molecule is Cc1cc(C)n2nc(C)c(C(=O)N3CCNC(=O)C3)c2n1. The fraction of sp³-hybridized carbons (Fsp3) is 0.429. The third-order valence-corrected chi connectivity index (χ3v) is 3.61. The summed E-state index contributed by atoms with van der Waals surface area (Å²) in [7, 11) is 0. The maximum atomic E-state index is 12.7. The molecular weight excluding hydrogens is 270 g/mol. The van der Waals surface area contributed by atoms with Crippen LogP contribution in [0.15, 0.2) is 6.07 Å². The molecule has 3 rings (SSSR count). The van der Waals surface area contributed by atoms with Crippen LogP contribution in [0.4, 0.5) is 0 Å². The molecule has 1 N–H and O–H groups in total. The predicted molar refractivity (Wildman–Crippen MR) is 76.1 cm³/mol. The van der Waals surface area contributed by atoms with Crippen LogP contribution in [0.5, 0.6) is 0 Å². The van der Waals surface area contributed by atoms with E-state index in [1.165, 1.54) is 0 Å². The first-order valence-electron chi connectivity index (χ1n) is 6.87. The van der Waals surface area contributed by atoms with E-state index in [1.54, 1.807) is 16.3 Å². The average molecular weight is 287 g/mol. The molecule has 110 valence electrons. The minimum atomic E-state index is -0.185. The molecule has 1 aliphatic rings. The summed E-state index contributed by atoms with van der Waals surface area (Å²) in [5, 5.41) is 7.11. The van der Waals surface area contributed by atoms with E-state index >= 15 is 0 Å². The first kappa shape index (κ1) is 13.5. The lowest BCUT2D eigenvalue weighted by molar-refractivity contribution is -0.123. The van der Waals surface area contributed by atoms with E-state index < -0.39 is 0 Å². The van der Waals surface area contributed by atoms with Crippen molar-refractivity contribution in [3.05, 3.63) is 28.7 Å². The number of hydrogen-bond donors (Lipinski definition) is 1. The second-order valence-corrected chi connectivity index (χ2v) is 5.31. The molecule has 0 bridgehead atoms. The topological polar surface area (TPSA) is 79.6 Å². The Hall–Kier alpha value is -2.44. The summed E-state index contributed by atoms with van der Waals surface area (Å²) >= 11 is 0. The van der Waals surface area contributed by atoms with Gasteiger partial charge in [-0.15, -0.1) is 0 Å². The Morgan fingerprint density at radius 1 is 1.33 bits per heavy atom. The van der Waals surface area contributed by atoms with Crippen molar-refractivity contribution in [1.82, 2.24) is 24.8 Å². The molecular formula is C14H17N5O2. The summed E-state index contributed by atoms with van der Waals surface area (Å²) in [4.78, 5) is 30.2. The van der Waals surface area contributed by atoms with E-state index in [-0.39, 0.29) is 18.4 Å². The van der Waals surface area contributed by atoms with Gasteiger partial charge in [0.05, 0.1) is 12.2 Å². The quantitative estimate of drug-likeness (QED) is 0.814. The van der Waals surface area contributed by atoms with E-state index in [1.807, 2.05) is 19.9 Å². The minimum Gasteiger partial charge on any atom is -0.353 e. The molecule has 0 unspecified atom stereocenters. The Kier molecular flexibility index (Phi) is 3.12. The van der Waals surface area contributed by atoms with Crippen LogP contribution in [0, 0.1) is 20.8 Å². The first-order chi connectivity index (χ1) is 9.97. The molecule has 7 nitrogen and oxygen atoms in total. The highest BCUT2D eigenvalue weighted by atomic mass is 16.2. The van der Waals surface area contributed by atoms with Gasteiger partial charge in [-0.3, -0.25) is 9.59 Å². The molecule has 3 heterocycles. The summed E-state index contributed by atoms with van der Waals surface area (Å²) in [6, 6.07) is 1.92. The fourth-order valence-electron chi connectivity index (χ4n) is 2.65. The molecule has 1 aliphatic heterocycles. The number of rotatable bonds is 1. The van der Waals surface area contributed by atoms with Crippen LogP contribution in [0.25, 0.3) is 5.65 Å². The van der Waals surface area contributed by atoms with Gasteiger partial charge in [-0.2, -0.15) is 5.10 Å². The lowest BCUT2D eigenvalue weighted by Gasteiger charge is -2.26. The third kappa shape index (κ3) is 2.24. The minimum absolute atomic E-state index is 0.0837. The van der Waals surface area contributed by atoms with Gasteiger partial charge in [-0.05, 0) is 26.8 Å². The van der Waals surface area contributed by atoms with Gasteiger partial charge in [0.15, 0.2) is 5.65 Å². The third-order valence-electron chi connectivity index (χ3n) is 3.61. The van der Waals surface area contributed by atoms with Gasteiger partial charge < -0.3 is 10.2 Å². The van der Waals surface area contributed by atoms with Crippen LogP contribution >= 0.6 is 0 Å². The van der Waals surface area contributed by atoms with E-state index in [2.05, 4.69) is 15.4 Å². The molecule has 2 aromatic rings. The van der Waals surface area contributed by atoms with Gasteiger partial charge in [0.25, 0.3) is 5.91 Å². The zero-order chi connectivity index (χ0) is 15.1. The van der Waals surface area contributed by atoms with E-state index in [0.29, 0.717) is 30.0 Å². The van der Waals surface area contributed by atoms with Crippen LogP contribution in [0.1, 0.15) is 27.4 Å². The highest BCUT2D eigenvalue weighted by Gasteiger charge is 2.27. The number of aromatic nitrogens is 3. The second kappa shape index (κ2) is 4.83. The number of nitrogens with zero attached hydrogens (tertiary/aromatic N) is 4. The van der Waals surface area contributed by atoms with Crippen molar-refractivity contribution < 1.29 is 9.59 Å². The van der Waals surface area contributed by atoms with Gasteiger partial charge in [0.2, 0.25) is 5.91 Å². The normalized spacial score (nSPS) is 15.4. The molecule has 21 heavy (non-hydrogen) atoms. The molecule has 1 saturated heterocycles. The lowest BCUT2D eigenvalue weighted by Crippen LogP contribution is -2.50. The highest BCUT2D eigenvalue weighted by Crippen LogP contribution is 2.18. The predicted octanol–water partition coefficient (Wildman–Crippen LogP) is 0.227. The van der Waals surface area contributed by atoms with Gasteiger partial charge in [0, 0.05) is 24.5 Å². The largest absolute Gasteiger partial charge is 0.353 e. The van der Waals surface area contributed by atoms with E-state index in [4.69, 9.17) is 0 Å². The van der Waals surface area contributed by atoms with Crippen LogP contribution < -0.4 is 5.32 Å². The lowest BCUT2D eigenvalue weighted by atomic mass is 10.2. The van der Waals surface area contributed by atoms with Gasteiger partial charge >= 0.3 is 0 Å². The summed E-state index contributed by atoms with van der Waals surface area (Å²) in [6.45, 7) is 6.68. The number of aryl methyl sites for hydroxylation is 3. The molecule has 0 aromatic carbocycles. The molecule has 2 amide bonds. The summed E-state index contributed by atoms with van der Waals surface area (Å²) < 4.78 is 1.68. The van der Waals surface area contributed by atoms with Crippen molar-refractivity contribution >= 4 is 17.5 Å². The molecule has 0 saturated carbocycles. The van der Waals surface area contributed by atoms with Crippen LogP contribution in [-0.4, -0.2) is 50.9 Å². The second-order valence-electron chi connectivity index (χ2n) is 5.31. The molecule has 0 spiro atoms. The Morgan fingerprint density at radius 2 is 2.10 bits per heavy atom. The Labute approximate surface area is 122 Å². The molecule has 1 fully saturated rings. The van der Waals surface area contributed by atoms with Crippen molar-refractivity contribution in [1.29, 1.82) is 0 Å². The van der Waals surface area contributed by atoms with Crippen molar-refractivity contribution in [2.45, 2.75) is 20.8 Å². The number of hydrogen-bond acceptors (Lipinski definition) is 4. The number of carbonyl (C=O) groups is 2. The smallest absolute Gasteiger partial charge is 0.260 e. The number of piperazine rings is 1.